The molecule has 9 nitrogen and oxygen atoms in total. The zero-order valence-electron chi connectivity index (χ0n) is 18.4. The fourth-order valence-corrected chi connectivity index (χ4v) is 4.66. The maximum Gasteiger partial charge on any atom is 0.294 e. The van der Waals surface area contributed by atoms with E-state index in [2.05, 4.69) is 15.4 Å². The maximum atomic E-state index is 13.0. The van der Waals surface area contributed by atoms with E-state index < -0.39 is 11.2 Å². The van der Waals surface area contributed by atoms with E-state index in [4.69, 9.17) is 4.74 Å². The fourth-order valence-electron chi connectivity index (χ4n) is 4.66. The molecule has 1 unspecified atom stereocenters. The van der Waals surface area contributed by atoms with Gasteiger partial charge in [0.25, 0.3) is 5.56 Å². The van der Waals surface area contributed by atoms with Crippen LogP contribution in [0.25, 0.3) is 11.4 Å². The van der Waals surface area contributed by atoms with Gasteiger partial charge in [0.2, 0.25) is 11.8 Å². The minimum absolute atomic E-state index is 0.0400. The average molecular weight is 445 g/mol. The van der Waals surface area contributed by atoms with Crippen molar-refractivity contribution < 1.29 is 14.3 Å². The van der Waals surface area contributed by atoms with Crippen molar-refractivity contribution in [2.45, 2.75) is 38.3 Å². The summed E-state index contributed by atoms with van der Waals surface area (Å²) in [6.45, 7) is 1.61. The smallest absolute Gasteiger partial charge is 0.294 e. The van der Waals surface area contributed by atoms with Crippen LogP contribution in [-0.4, -0.2) is 33.7 Å². The van der Waals surface area contributed by atoms with Gasteiger partial charge < -0.3 is 10.1 Å². The largest absolute Gasteiger partial charge is 0.497 e. The monoisotopic (exact) mass is 445 g/mol. The SMILES string of the molecule is COc1ccc(NC(=O)CCC23CCC(=O)N2c2ccccc2-c2nc(=O)c(C)nn23)cc1. The van der Waals surface area contributed by atoms with Gasteiger partial charge in [-0.25, -0.2) is 4.68 Å². The highest BCUT2D eigenvalue weighted by Crippen LogP contribution is 2.49. The Morgan fingerprint density at radius 1 is 1.15 bits per heavy atom. The first kappa shape index (κ1) is 20.9. The number of ether oxygens (including phenoxy) is 1. The summed E-state index contributed by atoms with van der Waals surface area (Å²) in [5.41, 5.74) is 0.972. The lowest BCUT2D eigenvalue weighted by Crippen LogP contribution is -2.53. The molecule has 33 heavy (non-hydrogen) atoms. The number of aryl methyl sites for hydroxylation is 1. The Morgan fingerprint density at radius 2 is 1.91 bits per heavy atom. The molecule has 1 saturated heterocycles. The van der Waals surface area contributed by atoms with Gasteiger partial charge in [-0.2, -0.15) is 10.1 Å². The van der Waals surface area contributed by atoms with E-state index in [-0.39, 0.29) is 23.9 Å². The number of benzene rings is 2. The van der Waals surface area contributed by atoms with Crippen molar-refractivity contribution in [1.29, 1.82) is 0 Å². The van der Waals surface area contributed by atoms with E-state index in [0.717, 1.165) is 0 Å². The first-order chi connectivity index (χ1) is 15.9. The molecule has 2 aliphatic rings. The molecule has 1 aromatic heterocycles. The Morgan fingerprint density at radius 3 is 2.67 bits per heavy atom. The second kappa shape index (κ2) is 7.84. The van der Waals surface area contributed by atoms with Gasteiger partial charge in [0, 0.05) is 36.9 Å². The molecule has 2 aromatic carbocycles. The van der Waals surface area contributed by atoms with Crippen LogP contribution in [0.4, 0.5) is 11.4 Å². The number of carbonyl (C=O) groups excluding carboxylic acids is 2. The maximum absolute atomic E-state index is 13.0. The lowest BCUT2D eigenvalue weighted by atomic mass is 9.95. The van der Waals surface area contributed by atoms with Crippen molar-refractivity contribution >= 4 is 23.2 Å². The molecule has 0 spiro atoms. The standard InChI is InChI=1S/C24H23N5O4/c1-15-23(32)26-22-18-5-3-4-6-19(18)28-21(31)12-14-24(28,29(22)27-15)13-11-20(30)25-16-7-9-17(33-2)10-8-16/h3-10H,11-14H2,1-2H3,(H,25,30). The number of amides is 2. The predicted molar refractivity (Wildman–Crippen MR) is 122 cm³/mol. The topological polar surface area (TPSA) is 106 Å². The molecule has 0 radical (unpaired) electrons. The van der Waals surface area contributed by atoms with Crippen LogP contribution < -0.4 is 20.5 Å². The highest BCUT2D eigenvalue weighted by Gasteiger charge is 2.52. The number of aromatic nitrogens is 3. The molecule has 5 rings (SSSR count). The normalized spacial score (nSPS) is 18.4. The number of fused-ring (bicyclic) bond motifs is 6. The first-order valence-electron chi connectivity index (χ1n) is 10.8. The molecule has 2 aliphatic heterocycles. The van der Waals surface area contributed by atoms with E-state index in [1.807, 2.05) is 24.3 Å². The van der Waals surface area contributed by atoms with Crippen LogP contribution >= 0.6 is 0 Å². The van der Waals surface area contributed by atoms with E-state index in [1.54, 1.807) is 47.9 Å². The molecule has 1 N–H and O–H groups in total. The van der Waals surface area contributed by atoms with Crippen molar-refractivity contribution in [3.05, 3.63) is 64.6 Å². The van der Waals surface area contributed by atoms with Crippen molar-refractivity contribution in [3.8, 4) is 17.1 Å². The molecule has 0 bridgehead atoms. The lowest BCUT2D eigenvalue weighted by Gasteiger charge is -2.44. The van der Waals surface area contributed by atoms with Gasteiger partial charge in [-0.1, -0.05) is 12.1 Å². The van der Waals surface area contributed by atoms with Crippen molar-refractivity contribution in [2.24, 2.45) is 0 Å². The van der Waals surface area contributed by atoms with Crippen LogP contribution in [0.5, 0.6) is 5.75 Å². The Hall–Kier alpha value is -4.01. The van der Waals surface area contributed by atoms with Crippen LogP contribution in [0.2, 0.25) is 0 Å². The third-order valence-electron chi connectivity index (χ3n) is 6.28. The molecule has 2 amide bonds. The highest BCUT2D eigenvalue weighted by atomic mass is 16.5. The predicted octanol–water partition coefficient (Wildman–Crippen LogP) is 2.83. The summed E-state index contributed by atoms with van der Waals surface area (Å²) in [7, 11) is 1.58. The van der Waals surface area contributed by atoms with Crippen molar-refractivity contribution in [2.75, 3.05) is 17.3 Å². The van der Waals surface area contributed by atoms with Crippen molar-refractivity contribution in [3.63, 3.8) is 0 Å². The zero-order chi connectivity index (χ0) is 23.2. The van der Waals surface area contributed by atoms with Gasteiger partial charge in [-0.3, -0.25) is 19.3 Å². The van der Waals surface area contributed by atoms with Crippen LogP contribution in [0.15, 0.2) is 53.3 Å². The van der Waals surface area contributed by atoms with Gasteiger partial charge in [-0.15, -0.1) is 0 Å². The van der Waals surface area contributed by atoms with Gasteiger partial charge in [0.15, 0.2) is 5.82 Å². The first-order valence-corrected chi connectivity index (χ1v) is 10.8. The number of nitrogens with one attached hydrogen (secondary N) is 1. The summed E-state index contributed by atoms with van der Waals surface area (Å²) in [6.07, 6.45) is 1.28. The third kappa shape index (κ3) is 3.36. The minimum atomic E-state index is -0.899. The van der Waals surface area contributed by atoms with E-state index >= 15 is 0 Å². The molecule has 1 fully saturated rings. The number of rotatable bonds is 5. The molecule has 1 atom stereocenters. The van der Waals surface area contributed by atoms with Crippen LogP contribution in [0.3, 0.4) is 0 Å². The number of hydrogen-bond donors (Lipinski definition) is 1. The summed E-state index contributed by atoms with van der Waals surface area (Å²) in [5.74, 6) is 0.900. The van der Waals surface area contributed by atoms with Crippen LogP contribution in [0, 0.1) is 6.92 Å². The number of methoxy groups -OCH3 is 1. The Labute approximate surface area is 190 Å². The number of para-hydroxylation sites is 1. The number of nitrogens with zero attached hydrogens (tertiary/aromatic N) is 4. The quantitative estimate of drug-likeness (QED) is 0.647. The van der Waals surface area contributed by atoms with Gasteiger partial charge in [0.1, 0.15) is 17.1 Å². The number of anilines is 2. The summed E-state index contributed by atoms with van der Waals surface area (Å²) in [4.78, 5) is 44.2. The van der Waals surface area contributed by atoms with Gasteiger partial charge >= 0.3 is 0 Å². The highest BCUT2D eigenvalue weighted by molar-refractivity contribution is 6.01. The van der Waals surface area contributed by atoms with Gasteiger partial charge in [-0.05, 0) is 43.3 Å². The fraction of sp³-hybridized carbons (Fsp3) is 0.292. The van der Waals surface area contributed by atoms with E-state index in [1.165, 1.54) is 0 Å². The summed E-state index contributed by atoms with van der Waals surface area (Å²) < 4.78 is 6.83. The summed E-state index contributed by atoms with van der Waals surface area (Å²) in [6, 6.07) is 14.4. The lowest BCUT2D eigenvalue weighted by molar-refractivity contribution is -0.119. The molecule has 9 heteroatoms. The second-order valence-corrected chi connectivity index (χ2v) is 8.24. The summed E-state index contributed by atoms with van der Waals surface area (Å²) >= 11 is 0. The zero-order valence-corrected chi connectivity index (χ0v) is 18.4. The second-order valence-electron chi connectivity index (χ2n) is 8.24. The molecule has 3 heterocycles. The van der Waals surface area contributed by atoms with Gasteiger partial charge in [0.05, 0.1) is 12.8 Å². The Bertz CT molecular complexity index is 1320. The van der Waals surface area contributed by atoms with Crippen molar-refractivity contribution in [1.82, 2.24) is 14.8 Å². The molecular formula is C24H23N5O4. The molecular weight excluding hydrogens is 422 g/mol. The third-order valence-corrected chi connectivity index (χ3v) is 6.28. The molecule has 3 aromatic rings. The number of hydrogen-bond acceptors (Lipinski definition) is 6. The molecule has 0 saturated carbocycles. The van der Waals surface area contributed by atoms with Crippen LogP contribution in [0.1, 0.15) is 31.4 Å². The Kier molecular flexibility index (Phi) is 4.96. The molecule has 0 aliphatic carbocycles. The average Bonchev–Trinajstić information content (AvgIpc) is 3.17. The Balaban J connectivity index is 1.50. The van der Waals surface area contributed by atoms with E-state index in [9.17, 15) is 14.4 Å². The number of carbonyl (C=O) groups is 2. The van der Waals surface area contributed by atoms with E-state index in [0.29, 0.717) is 47.8 Å². The summed E-state index contributed by atoms with van der Waals surface area (Å²) in [5, 5.41) is 7.44. The molecule has 168 valence electrons. The minimum Gasteiger partial charge on any atom is -0.497 e. The van der Waals surface area contributed by atoms with Crippen LogP contribution in [-0.2, 0) is 15.3 Å².